The van der Waals surface area contributed by atoms with Crippen molar-refractivity contribution >= 4 is 9.05 Å². The van der Waals surface area contributed by atoms with Crippen LogP contribution in [-0.4, -0.2) is 32.2 Å². The second kappa shape index (κ2) is 10.7. The van der Waals surface area contributed by atoms with Gasteiger partial charge in [-0.3, -0.25) is 0 Å². The summed E-state index contributed by atoms with van der Waals surface area (Å²) in [7, 11) is -3.50. The van der Waals surface area contributed by atoms with E-state index in [1.165, 1.54) is 0 Å². The second-order valence-corrected chi connectivity index (χ2v) is 6.29. The van der Waals surface area contributed by atoms with Crippen molar-refractivity contribution in [2.75, 3.05) is 0 Å². The molecular weight excluding hydrogens is 327 g/mol. The number of rotatable bonds is 9. The average Bonchev–Trinajstić information content (AvgIpc) is 2.27. The van der Waals surface area contributed by atoms with Crippen LogP contribution in [0.15, 0.2) is 0 Å². The Kier molecular flexibility index (Phi) is 12.6. The van der Waals surface area contributed by atoms with Crippen molar-refractivity contribution in [3.05, 3.63) is 0 Å². The molecule has 0 saturated heterocycles. The molecule has 3 unspecified atom stereocenters. The zero-order valence-electron chi connectivity index (χ0n) is 12.5. The summed E-state index contributed by atoms with van der Waals surface area (Å²) in [5.41, 5.74) is 0. The van der Waals surface area contributed by atoms with Gasteiger partial charge in [0, 0.05) is 44.5 Å². The van der Waals surface area contributed by atoms with Crippen molar-refractivity contribution < 1.29 is 44.3 Å². The third-order valence-corrected chi connectivity index (χ3v) is 4.88. The van der Waals surface area contributed by atoms with E-state index < -0.39 is 9.05 Å². The maximum atomic E-state index is 10.4. The number of hydrogen-bond donors (Lipinski definition) is 1. The smallest absolute Gasteiger partial charge is 0.367 e. The molecule has 3 atom stereocenters. The molecule has 6 heteroatoms. The summed E-state index contributed by atoms with van der Waals surface area (Å²) in [6.07, 6.45) is 2.30. The normalized spacial score (nSPS) is 19.5. The van der Waals surface area contributed by atoms with Gasteiger partial charge in [0.05, 0.1) is 0 Å². The van der Waals surface area contributed by atoms with E-state index in [0.29, 0.717) is 0 Å². The van der Waals surface area contributed by atoms with Crippen LogP contribution in [0.25, 0.3) is 0 Å². The van der Waals surface area contributed by atoms with E-state index in [1.807, 2.05) is 41.5 Å². The van der Waals surface area contributed by atoms with Crippen LogP contribution in [0.1, 0.15) is 60.8 Å². The molecule has 0 aliphatic heterocycles. The minimum absolute atomic E-state index is 0. The standard InChI is InChI=1S/C12H28O4Si.Zr/c1-7-10(4)14-17(13,15-11(5)8-2)16-12(6)9-3;/h10-13H,7-9H2,1-6H3;. The molecule has 0 amide bonds. The summed E-state index contributed by atoms with van der Waals surface area (Å²) in [4.78, 5) is 10.4. The number of hydrogen-bond acceptors (Lipinski definition) is 4. The van der Waals surface area contributed by atoms with Crippen LogP contribution in [0, 0.1) is 0 Å². The molecule has 0 aromatic rings. The van der Waals surface area contributed by atoms with Gasteiger partial charge in [-0.25, -0.2) is 0 Å². The monoisotopic (exact) mass is 354 g/mol. The van der Waals surface area contributed by atoms with Gasteiger partial charge >= 0.3 is 9.05 Å². The van der Waals surface area contributed by atoms with Crippen molar-refractivity contribution in [1.29, 1.82) is 0 Å². The summed E-state index contributed by atoms with van der Waals surface area (Å²) >= 11 is 0. The molecule has 0 fully saturated rings. The van der Waals surface area contributed by atoms with Crippen LogP contribution in [0.5, 0.6) is 0 Å². The van der Waals surface area contributed by atoms with Crippen molar-refractivity contribution in [2.45, 2.75) is 79.1 Å². The van der Waals surface area contributed by atoms with Gasteiger partial charge in [0.25, 0.3) is 0 Å². The van der Waals surface area contributed by atoms with Crippen molar-refractivity contribution in [3.63, 3.8) is 0 Å². The summed E-state index contributed by atoms with van der Waals surface area (Å²) in [6, 6.07) is 0. The predicted molar refractivity (Wildman–Crippen MR) is 70.5 cm³/mol. The third-order valence-electron chi connectivity index (χ3n) is 2.78. The van der Waals surface area contributed by atoms with Gasteiger partial charge in [0.2, 0.25) is 0 Å². The van der Waals surface area contributed by atoms with Crippen LogP contribution < -0.4 is 0 Å². The van der Waals surface area contributed by atoms with Crippen molar-refractivity contribution in [2.24, 2.45) is 0 Å². The van der Waals surface area contributed by atoms with E-state index in [9.17, 15) is 4.80 Å². The molecule has 0 aromatic heterocycles. The van der Waals surface area contributed by atoms with Crippen LogP contribution >= 0.6 is 0 Å². The van der Waals surface area contributed by atoms with E-state index in [1.54, 1.807) is 0 Å². The molecule has 0 aromatic carbocycles. The van der Waals surface area contributed by atoms with Crippen LogP contribution in [-0.2, 0) is 39.5 Å². The molecule has 0 heterocycles. The van der Waals surface area contributed by atoms with Gasteiger partial charge in [-0.1, -0.05) is 20.8 Å². The molecule has 0 radical (unpaired) electrons. The Morgan fingerprint density at radius 2 is 1.00 bits per heavy atom. The molecule has 0 spiro atoms. The van der Waals surface area contributed by atoms with Crippen molar-refractivity contribution in [3.8, 4) is 0 Å². The summed E-state index contributed by atoms with van der Waals surface area (Å²) in [5.74, 6) is 0. The molecule has 0 rings (SSSR count). The van der Waals surface area contributed by atoms with Gasteiger partial charge in [0.1, 0.15) is 0 Å². The zero-order chi connectivity index (χ0) is 13.5. The molecule has 0 saturated carbocycles. The second-order valence-electron chi connectivity index (χ2n) is 4.53. The first-order valence-corrected chi connectivity index (χ1v) is 8.29. The fourth-order valence-electron chi connectivity index (χ4n) is 1.10. The fraction of sp³-hybridized carbons (Fsp3) is 1.00. The molecule has 1 N–H and O–H groups in total. The van der Waals surface area contributed by atoms with E-state index >= 15 is 0 Å². The van der Waals surface area contributed by atoms with Crippen LogP contribution in [0.2, 0.25) is 0 Å². The summed E-state index contributed by atoms with van der Waals surface area (Å²) in [6.45, 7) is 11.8. The molecule has 18 heavy (non-hydrogen) atoms. The van der Waals surface area contributed by atoms with Gasteiger partial charge in [-0.05, 0) is 40.0 Å². The first-order valence-electron chi connectivity index (χ1n) is 6.62. The van der Waals surface area contributed by atoms with E-state index in [2.05, 4.69) is 0 Å². The van der Waals surface area contributed by atoms with Gasteiger partial charge in [-0.2, -0.15) is 0 Å². The molecule has 108 valence electrons. The van der Waals surface area contributed by atoms with Crippen molar-refractivity contribution in [1.82, 2.24) is 0 Å². The van der Waals surface area contributed by atoms with Gasteiger partial charge in [-0.15, -0.1) is 0 Å². The Morgan fingerprint density at radius 1 is 0.778 bits per heavy atom. The van der Waals surface area contributed by atoms with E-state index in [-0.39, 0.29) is 44.5 Å². The molecule has 0 aliphatic carbocycles. The maximum absolute atomic E-state index is 10.4. The van der Waals surface area contributed by atoms with Crippen LogP contribution in [0.3, 0.4) is 0 Å². The minimum Gasteiger partial charge on any atom is -0.367 e. The quantitative estimate of drug-likeness (QED) is 0.646. The predicted octanol–water partition coefficient (Wildman–Crippen LogP) is 2.86. The third kappa shape index (κ3) is 8.94. The molecular formula is C12H28O4SiZr. The SMILES string of the molecule is CCC(C)O[Si](O)(OC(C)CC)OC(C)CC.[Zr]. The maximum Gasteiger partial charge on any atom is 0.677 e. The Balaban J connectivity index is 0. The van der Waals surface area contributed by atoms with Gasteiger partial charge < -0.3 is 18.1 Å². The topological polar surface area (TPSA) is 47.9 Å². The Hall–Kier alpha value is 0.940. The average molecular weight is 356 g/mol. The Morgan fingerprint density at radius 3 is 1.17 bits per heavy atom. The van der Waals surface area contributed by atoms with Gasteiger partial charge in [0.15, 0.2) is 0 Å². The first kappa shape index (κ1) is 21.2. The van der Waals surface area contributed by atoms with Crippen LogP contribution in [0.4, 0.5) is 0 Å². The summed E-state index contributed by atoms with van der Waals surface area (Å²) in [5, 5.41) is 0. The largest absolute Gasteiger partial charge is 0.677 e. The molecule has 0 aliphatic rings. The van der Waals surface area contributed by atoms with E-state index in [0.717, 1.165) is 19.3 Å². The Labute approximate surface area is 132 Å². The first-order chi connectivity index (χ1) is 7.86. The Bertz CT molecular complexity index is 175. The zero-order valence-corrected chi connectivity index (χ0v) is 16.0. The summed E-state index contributed by atoms with van der Waals surface area (Å²) < 4.78 is 16.7. The minimum atomic E-state index is -3.50. The fourth-order valence-corrected chi connectivity index (χ4v) is 3.29. The molecule has 0 bridgehead atoms. The molecule has 4 nitrogen and oxygen atoms in total. The van der Waals surface area contributed by atoms with E-state index in [4.69, 9.17) is 13.3 Å².